The molecule has 0 saturated carbocycles. The average Bonchev–Trinajstić information content (AvgIpc) is 3.00. The lowest BCUT2D eigenvalue weighted by Crippen LogP contribution is -2.34. The summed E-state index contributed by atoms with van der Waals surface area (Å²) >= 11 is 1.66. The van der Waals surface area contributed by atoms with Crippen molar-refractivity contribution in [1.82, 2.24) is 10.2 Å². The Hall–Kier alpha value is -1.59. The first-order chi connectivity index (χ1) is 9.09. The first kappa shape index (κ1) is 13.8. The molecule has 2 heterocycles. The maximum atomic E-state index is 12.0. The molecule has 2 rings (SSSR count). The molecular weight excluding hydrogens is 260 g/mol. The third-order valence-corrected chi connectivity index (χ3v) is 3.78. The Bertz CT molecular complexity index is 531. The highest BCUT2D eigenvalue weighted by atomic mass is 32.1. The van der Waals surface area contributed by atoms with Crippen molar-refractivity contribution >= 4 is 17.2 Å². The van der Waals surface area contributed by atoms with Crippen molar-refractivity contribution in [3.63, 3.8) is 0 Å². The lowest BCUT2D eigenvalue weighted by atomic mass is 10.1. The molecule has 0 radical (unpaired) electrons. The molecule has 1 amide bonds. The lowest BCUT2D eigenvalue weighted by molar-refractivity contribution is 0.0913. The van der Waals surface area contributed by atoms with Crippen LogP contribution in [0.3, 0.4) is 0 Å². The lowest BCUT2D eigenvalue weighted by Gasteiger charge is -2.23. The zero-order valence-corrected chi connectivity index (χ0v) is 12.2. The molecule has 0 aliphatic rings. The number of amides is 1. The molecular formula is C14H18N2O2S. The molecule has 1 atom stereocenters. The number of nitrogens with zero attached hydrogens (tertiary/aromatic N) is 1. The van der Waals surface area contributed by atoms with Crippen molar-refractivity contribution < 1.29 is 9.21 Å². The molecule has 0 spiro atoms. The summed E-state index contributed by atoms with van der Waals surface area (Å²) in [6, 6.07) is 4.04. The van der Waals surface area contributed by atoms with E-state index in [0.717, 1.165) is 5.56 Å². The van der Waals surface area contributed by atoms with Crippen LogP contribution in [0.25, 0.3) is 0 Å². The molecule has 0 unspecified atom stereocenters. The minimum atomic E-state index is -0.162. The van der Waals surface area contributed by atoms with Gasteiger partial charge in [0.2, 0.25) is 0 Å². The monoisotopic (exact) mass is 278 g/mol. The number of carbonyl (C=O) groups excluding carboxylic acids is 1. The summed E-state index contributed by atoms with van der Waals surface area (Å²) in [6.45, 7) is 2.42. The average molecular weight is 278 g/mol. The summed E-state index contributed by atoms with van der Waals surface area (Å²) in [5, 5.41) is 7.08. The van der Waals surface area contributed by atoms with Crippen LogP contribution < -0.4 is 5.32 Å². The van der Waals surface area contributed by atoms with E-state index in [1.54, 1.807) is 17.4 Å². The van der Waals surface area contributed by atoms with Gasteiger partial charge in [0, 0.05) is 12.1 Å². The van der Waals surface area contributed by atoms with Gasteiger partial charge in [0.25, 0.3) is 5.91 Å². The fraction of sp³-hybridized carbons (Fsp3) is 0.357. The van der Waals surface area contributed by atoms with Crippen molar-refractivity contribution in [2.75, 3.05) is 20.6 Å². The second kappa shape index (κ2) is 6.04. The molecule has 5 heteroatoms. The molecule has 0 aliphatic heterocycles. The largest absolute Gasteiger partial charge is 0.459 e. The Kier molecular flexibility index (Phi) is 4.39. The number of thiophene rings is 1. The Morgan fingerprint density at radius 1 is 1.47 bits per heavy atom. The van der Waals surface area contributed by atoms with E-state index in [-0.39, 0.29) is 11.9 Å². The molecule has 19 heavy (non-hydrogen) atoms. The van der Waals surface area contributed by atoms with Gasteiger partial charge in [0.15, 0.2) is 5.76 Å². The van der Waals surface area contributed by atoms with Crippen LogP contribution in [0.15, 0.2) is 33.6 Å². The van der Waals surface area contributed by atoms with Gasteiger partial charge in [-0.2, -0.15) is 11.3 Å². The molecule has 0 fully saturated rings. The summed E-state index contributed by atoms with van der Waals surface area (Å²) in [5.74, 6) is 0.229. The van der Waals surface area contributed by atoms with Crippen LogP contribution >= 0.6 is 11.3 Å². The Morgan fingerprint density at radius 3 is 2.79 bits per heavy atom. The third kappa shape index (κ3) is 3.24. The van der Waals surface area contributed by atoms with Crippen molar-refractivity contribution in [3.8, 4) is 0 Å². The van der Waals surface area contributed by atoms with E-state index in [1.165, 1.54) is 11.8 Å². The topological polar surface area (TPSA) is 45.5 Å². The van der Waals surface area contributed by atoms with Crippen LogP contribution in [0.2, 0.25) is 0 Å². The van der Waals surface area contributed by atoms with Gasteiger partial charge < -0.3 is 14.6 Å². The number of rotatable bonds is 5. The standard InChI is InChI=1S/C14H18N2O2S/c1-10-4-6-18-13(10)14(17)15-8-12(16(2)3)11-5-7-19-9-11/h4-7,9,12H,8H2,1-3H3,(H,15,17)/t12-/m1/s1. The molecule has 2 aromatic heterocycles. The van der Waals surface area contributed by atoms with Gasteiger partial charge in [-0.15, -0.1) is 0 Å². The van der Waals surface area contributed by atoms with E-state index in [0.29, 0.717) is 12.3 Å². The maximum Gasteiger partial charge on any atom is 0.287 e. The molecule has 4 nitrogen and oxygen atoms in total. The van der Waals surface area contributed by atoms with Crippen LogP contribution in [0.5, 0.6) is 0 Å². The van der Waals surface area contributed by atoms with Gasteiger partial charge >= 0.3 is 0 Å². The Balaban J connectivity index is 2.00. The van der Waals surface area contributed by atoms with Gasteiger partial charge in [0.05, 0.1) is 12.3 Å². The zero-order valence-electron chi connectivity index (χ0n) is 11.3. The van der Waals surface area contributed by atoms with E-state index in [4.69, 9.17) is 4.42 Å². The number of carbonyl (C=O) groups is 1. The second-order valence-electron chi connectivity index (χ2n) is 4.68. The van der Waals surface area contributed by atoms with E-state index >= 15 is 0 Å². The molecule has 0 saturated heterocycles. The van der Waals surface area contributed by atoms with E-state index in [1.807, 2.05) is 26.4 Å². The third-order valence-electron chi connectivity index (χ3n) is 3.08. The predicted molar refractivity (Wildman–Crippen MR) is 76.5 cm³/mol. The summed E-state index contributed by atoms with van der Waals surface area (Å²) in [6.07, 6.45) is 1.53. The number of aryl methyl sites for hydroxylation is 1. The quantitative estimate of drug-likeness (QED) is 0.914. The number of likely N-dealkylation sites (N-methyl/N-ethyl adjacent to an activating group) is 1. The van der Waals surface area contributed by atoms with Gasteiger partial charge in [-0.1, -0.05) is 0 Å². The summed E-state index contributed by atoms with van der Waals surface area (Å²) < 4.78 is 5.19. The van der Waals surface area contributed by atoms with Gasteiger partial charge in [0.1, 0.15) is 0 Å². The van der Waals surface area contributed by atoms with Crippen molar-refractivity contribution in [3.05, 3.63) is 46.0 Å². The van der Waals surface area contributed by atoms with Crippen LogP contribution in [-0.4, -0.2) is 31.4 Å². The minimum Gasteiger partial charge on any atom is -0.459 e. The van der Waals surface area contributed by atoms with E-state index in [9.17, 15) is 4.79 Å². The van der Waals surface area contributed by atoms with Crippen molar-refractivity contribution in [1.29, 1.82) is 0 Å². The maximum absolute atomic E-state index is 12.0. The van der Waals surface area contributed by atoms with E-state index < -0.39 is 0 Å². The van der Waals surface area contributed by atoms with Gasteiger partial charge in [-0.3, -0.25) is 4.79 Å². The highest BCUT2D eigenvalue weighted by Crippen LogP contribution is 2.20. The number of hydrogen-bond donors (Lipinski definition) is 1. The van der Waals surface area contributed by atoms with Crippen LogP contribution in [0.4, 0.5) is 0 Å². The first-order valence-corrected chi connectivity index (χ1v) is 7.04. The minimum absolute atomic E-state index is 0.162. The fourth-order valence-electron chi connectivity index (χ4n) is 1.94. The number of hydrogen-bond acceptors (Lipinski definition) is 4. The van der Waals surface area contributed by atoms with Gasteiger partial charge in [-0.25, -0.2) is 0 Å². The smallest absolute Gasteiger partial charge is 0.287 e. The predicted octanol–water partition coefficient (Wildman–Crippen LogP) is 2.68. The Labute approximate surface area is 117 Å². The summed E-state index contributed by atoms with van der Waals surface area (Å²) in [5.41, 5.74) is 2.07. The number of nitrogens with one attached hydrogen (secondary N) is 1. The molecule has 1 N–H and O–H groups in total. The van der Waals surface area contributed by atoms with Crippen LogP contribution in [0.1, 0.15) is 27.7 Å². The summed E-state index contributed by atoms with van der Waals surface area (Å²) in [7, 11) is 4.01. The van der Waals surface area contributed by atoms with Crippen molar-refractivity contribution in [2.24, 2.45) is 0 Å². The molecule has 102 valence electrons. The molecule has 0 aliphatic carbocycles. The molecule has 2 aromatic rings. The van der Waals surface area contributed by atoms with E-state index in [2.05, 4.69) is 21.7 Å². The second-order valence-corrected chi connectivity index (χ2v) is 5.46. The zero-order chi connectivity index (χ0) is 13.8. The molecule has 0 aromatic carbocycles. The highest BCUT2D eigenvalue weighted by molar-refractivity contribution is 7.07. The van der Waals surface area contributed by atoms with Crippen molar-refractivity contribution in [2.45, 2.75) is 13.0 Å². The van der Waals surface area contributed by atoms with Crippen LogP contribution in [-0.2, 0) is 0 Å². The first-order valence-electron chi connectivity index (χ1n) is 6.10. The summed E-state index contributed by atoms with van der Waals surface area (Å²) in [4.78, 5) is 14.1. The molecule has 0 bridgehead atoms. The van der Waals surface area contributed by atoms with Gasteiger partial charge in [-0.05, 0) is 49.5 Å². The highest BCUT2D eigenvalue weighted by Gasteiger charge is 2.18. The fourth-order valence-corrected chi connectivity index (χ4v) is 2.65. The SMILES string of the molecule is Cc1ccoc1C(=O)NC[C@H](c1ccsc1)N(C)C. The number of furan rings is 1. The Morgan fingerprint density at radius 2 is 2.26 bits per heavy atom. The normalized spacial score (nSPS) is 12.6. The van der Waals surface area contributed by atoms with Crippen LogP contribution in [0, 0.1) is 6.92 Å².